The van der Waals surface area contributed by atoms with Gasteiger partial charge in [0.05, 0.1) is 13.5 Å². The summed E-state index contributed by atoms with van der Waals surface area (Å²) in [5.74, 6) is -1.14. The van der Waals surface area contributed by atoms with Crippen molar-refractivity contribution in [2.45, 2.75) is 64.2 Å². The van der Waals surface area contributed by atoms with Crippen molar-refractivity contribution in [1.29, 1.82) is 0 Å². The van der Waals surface area contributed by atoms with Crippen LogP contribution in [-0.2, 0) is 30.4 Å². The lowest BCUT2D eigenvalue weighted by Gasteiger charge is -2.47. The van der Waals surface area contributed by atoms with Crippen molar-refractivity contribution in [2.24, 2.45) is 0 Å². The molecule has 9 heteroatoms. The van der Waals surface area contributed by atoms with Crippen LogP contribution in [0.4, 0.5) is 9.59 Å². The molecule has 1 fully saturated rings. The Labute approximate surface area is 182 Å². The number of hydrogen-bond acceptors (Lipinski definition) is 7. The highest BCUT2D eigenvalue weighted by Crippen LogP contribution is 2.39. The Morgan fingerprint density at radius 1 is 1.13 bits per heavy atom. The maximum atomic E-state index is 12.5. The third-order valence-corrected chi connectivity index (χ3v) is 4.76. The number of carbonyl (C=O) groups is 4. The van der Waals surface area contributed by atoms with Crippen LogP contribution in [0.3, 0.4) is 0 Å². The van der Waals surface area contributed by atoms with Gasteiger partial charge in [0.25, 0.3) is 0 Å². The van der Waals surface area contributed by atoms with Crippen molar-refractivity contribution in [3.8, 4) is 0 Å². The lowest BCUT2D eigenvalue weighted by Crippen LogP contribution is -2.70. The van der Waals surface area contributed by atoms with Crippen molar-refractivity contribution in [3.05, 3.63) is 35.9 Å². The number of ether oxygens (including phenoxy) is 3. The van der Waals surface area contributed by atoms with E-state index in [0.29, 0.717) is 19.4 Å². The second-order valence-electron chi connectivity index (χ2n) is 8.36. The summed E-state index contributed by atoms with van der Waals surface area (Å²) in [4.78, 5) is 49.6. The summed E-state index contributed by atoms with van der Waals surface area (Å²) >= 11 is 0. The fourth-order valence-corrected chi connectivity index (χ4v) is 3.30. The summed E-state index contributed by atoms with van der Waals surface area (Å²) < 4.78 is 15.3. The number of hydrogen-bond donors (Lipinski definition) is 1. The first kappa shape index (κ1) is 24.2. The zero-order valence-electron chi connectivity index (χ0n) is 18.4. The molecule has 0 aromatic heterocycles. The summed E-state index contributed by atoms with van der Waals surface area (Å²) in [5.41, 5.74) is -1.30. The van der Waals surface area contributed by atoms with Gasteiger partial charge < -0.3 is 19.5 Å². The molecule has 1 N–H and O–H groups in total. The first-order valence-corrected chi connectivity index (χ1v) is 10.2. The molecule has 1 aliphatic rings. The maximum absolute atomic E-state index is 12.5. The molecule has 3 amide bonds. The molecule has 1 aliphatic heterocycles. The Kier molecular flexibility index (Phi) is 8.01. The van der Waals surface area contributed by atoms with E-state index >= 15 is 0 Å². The van der Waals surface area contributed by atoms with Gasteiger partial charge in [-0.1, -0.05) is 30.3 Å². The van der Waals surface area contributed by atoms with E-state index in [1.54, 1.807) is 20.8 Å². The molecule has 0 bridgehead atoms. The molecule has 1 heterocycles. The van der Waals surface area contributed by atoms with Crippen LogP contribution < -0.4 is 5.32 Å². The van der Waals surface area contributed by atoms with Gasteiger partial charge >= 0.3 is 18.2 Å². The molecular weight excluding hydrogens is 404 g/mol. The monoisotopic (exact) mass is 434 g/mol. The second-order valence-corrected chi connectivity index (χ2v) is 8.36. The molecule has 1 unspecified atom stereocenters. The van der Waals surface area contributed by atoms with Crippen molar-refractivity contribution in [1.82, 2.24) is 10.2 Å². The van der Waals surface area contributed by atoms with E-state index in [9.17, 15) is 19.2 Å². The number of likely N-dealkylation sites (tertiary alicyclic amines) is 1. The molecule has 1 saturated heterocycles. The van der Waals surface area contributed by atoms with E-state index in [-0.39, 0.29) is 19.4 Å². The number of amides is 3. The van der Waals surface area contributed by atoms with Gasteiger partial charge in [-0.2, -0.15) is 0 Å². The zero-order valence-corrected chi connectivity index (χ0v) is 18.4. The van der Waals surface area contributed by atoms with Crippen LogP contribution in [-0.4, -0.2) is 53.8 Å². The molecule has 0 aliphatic carbocycles. The summed E-state index contributed by atoms with van der Waals surface area (Å²) in [6.45, 7) is 5.53. The number of imide groups is 1. The Hall–Kier alpha value is -3.10. The van der Waals surface area contributed by atoms with Gasteiger partial charge in [-0.25, -0.2) is 19.3 Å². The average molecular weight is 434 g/mol. The summed E-state index contributed by atoms with van der Waals surface area (Å²) in [5, 5.41) is 2.64. The van der Waals surface area contributed by atoms with E-state index in [4.69, 9.17) is 14.2 Å². The highest BCUT2D eigenvalue weighted by Gasteiger charge is 2.61. The lowest BCUT2D eigenvalue weighted by atomic mass is 9.79. The maximum Gasteiger partial charge on any atom is 0.418 e. The van der Waals surface area contributed by atoms with Crippen LogP contribution in [0.5, 0.6) is 0 Å². The molecule has 1 aromatic rings. The van der Waals surface area contributed by atoms with Gasteiger partial charge in [-0.05, 0) is 45.6 Å². The zero-order chi connectivity index (χ0) is 23.1. The standard InChI is InChI=1S/C22H30N2O7/c1-21(2,3)31-20(28)24-17(25)14-22(24,18(26)29-4)12-8-9-13-23-19(27)30-15-16-10-6-5-7-11-16/h5-7,10-11H,8-9,12-15H2,1-4H3,(H,23,27). The van der Waals surface area contributed by atoms with E-state index < -0.39 is 35.2 Å². The Balaban J connectivity index is 1.82. The molecule has 1 atom stereocenters. The second kappa shape index (κ2) is 10.3. The third-order valence-electron chi connectivity index (χ3n) is 4.76. The van der Waals surface area contributed by atoms with Gasteiger partial charge in [0.15, 0.2) is 5.54 Å². The largest absolute Gasteiger partial charge is 0.467 e. The minimum Gasteiger partial charge on any atom is -0.467 e. The number of β-lactam (4-membered cyclic amide) rings is 1. The third kappa shape index (κ3) is 6.44. The summed E-state index contributed by atoms with van der Waals surface area (Å²) in [7, 11) is 1.21. The van der Waals surface area contributed by atoms with E-state index in [1.165, 1.54) is 7.11 Å². The van der Waals surface area contributed by atoms with Crippen LogP contribution >= 0.6 is 0 Å². The number of unbranched alkanes of at least 4 members (excludes halogenated alkanes) is 1. The molecule has 2 rings (SSSR count). The predicted molar refractivity (Wildman–Crippen MR) is 111 cm³/mol. The quantitative estimate of drug-likeness (QED) is 0.289. The topological polar surface area (TPSA) is 111 Å². The number of esters is 1. The molecular formula is C22H30N2O7. The van der Waals surface area contributed by atoms with Crippen LogP contribution in [0.25, 0.3) is 0 Å². The number of carbonyl (C=O) groups excluding carboxylic acids is 4. The van der Waals surface area contributed by atoms with Crippen molar-refractivity contribution < 1.29 is 33.4 Å². The molecule has 1 aromatic carbocycles. The number of nitrogens with zero attached hydrogens (tertiary/aromatic N) is 1. The smallest absolute Gasteiger partial charge is 0.418 e. The molecule has 31 heavy (non-hydrogen) atoms. The summed E-state index contributed by atoms with van der Waals surface area (Å²) in [6, 6.07) is 9.31. The van der Waals surface area contributed by atoms with Gasteiger partial charge in [0.1, 0.15) is 12.2 Å². The molecule has 9 nitrogen and oxygen atoms in total. The summed E-state index contributed by atoms with van der Waals surface area (Å²) in [6.07, 6.45) is -0.315. The van der Waals surface area contributed by atoms with Crippen molar-refractivity contribution >= 4 is 24.1 Å². The molecule has 0 spiro atoms. The molecule has 0 radical (unpaired) electrons. The first-order valence-electron chi connectivity index (χ1n) is 10.2. The van der Waals surface area contributed by atoms with Crippen molar-refractivity contribution in [2.75, 3.05) is 13.7 Å². The highest BCUT2D eigenvalue weighted by molar-refractivity contribution is 6.07. The number of nitrogens with one attached hydrogen (secondary N) is 1. The first-order chi connectivity index (χ1) is 14.6. The predicted octanol–water partition coefficient (Wildman–Crippen LogP) is 3.16. The van der Waals surface area contributed by atoms with E-state index in [2.05, 4.69) is 5.32 Å². The number of benzene rings is 1. The number of alkyl carbamates (subject to hydrolysis) is 1. The Morgan fingerprint density at radius 3 is 2.39 bits per heavy atom. The van der Waals surface area contributed by atoms with Gasteiger partial charge in [0.2, 0.25) is 5.91 Å². The number of methoxy groups -OCH3 is 1. The van der Waals surface area contributed by atoms with Gasteiger partial charge in [-0.15, -0.1) is 0 Å². The van der Waals surface area contributed by atoms with Gasteiger partial charge in [-0.3, -0.25) is 4.79 Å². The molecule has 0 saturated carbocycles. The lowest BCUT2D eigenvalue weighted by molar-refractivity contribution is -0.176. The van der Waals surface area contributed by atoms with Crippen molar-refractivity contribution in [3.63, 3.8) is 0 Å². The average Bonchev–Trinajstić information content (AvgIpc) is 2.69. The minimum absolute atomic E-state index is 0.120. The Bertz CT molecular complexity index is 804. The van der Waals surface area contributed by atoms with E-state index in [0.717, 1.165) is 10.5 Å². The fourth-order valence-electron chi connectivity index (χ4n) is 3.30. The van der Waals surface area contributed by atoms with Crippen LogP contribution in [0.2, 0.25) is 0 Å². The van der Waals surface area contributed by atoms with E-state index in [1.807, 2.05) is 30.3 Å². The SMILES string of the molecule is COC(=O)C1(CCCCNC(=O)OCc2ccccc2)CC(=O)N1C(=O)OC(C)(C)C. The van der Waals surface area contributed by atoms with Crippen LogP contribution in [0, 0.1) is 0 Å². The fraction of sp³-hybridized carbons (Fsp3) is 0.545. The highest BCUT2D eigenvalue weighted by atomic mass is 16.6. The number of rotatable bonds is 8. The normalized spacial score (nSPS) is 18.1. The van der Waals surface area contributed by atoms with Gasteiger partial charge in [0, 0.05) is 6.54 Å². The minimum atomic E-state index is -1.37. The van der Waals surface area contributed by atoms with Crippen LogP contribution in [0.1, 0.15) is 52.0 Å². The molecule has 170 valence electrons. The Morgan fingerprint density at radius 2 is 1.81 bits per heavy atom. The van der Waals surface area contributed by atoms with Crippen LogP contribution in [0.15, 0.2) is 30.3 Å².